The van der Waals surface area contributed by atoms with Crippen molar-refractivity contribution >= 4 is 87.8 Å². The molecule has 0 aliphatic carbocycles. The van der Waals surface area contributed by atoms with Crippen LogP contribution in [0.3, 0.4) is 0 Å². The number of hydrogen-bond donors (Lipinski definition) is 2. The van der Waals surface area contributed by atoms with Crippen LogP contribution in [-0.2, 0) is 28.5 Å². The lowest BCUT2D eigenvalue weighted by Gasteiger charge is -2.33. The predicted octanol–water partition coefficient (Wildman–Crippen LogP) is 11.5. The molecule has 2 unspecified atom stereocenters. The van der Waals surface area contributed by atoms with Gasteiger partial charge in [0, 0.05) is 42.0 Å². The molecular formula is C51H50N2O6. The van der Waals surface area contributed by atoms with Crippen molar-refractivity contribution in [1.29, 1.82) is 0 Å². The van der Waals surface area contributed by atoms with Gasteiger partial charge in [-0.25, -0.2) is 0 Å². The van der Waals surface area contributed by atoms with E-state index in [0.717, 1.165) is 63.0 Å². The number of carbonyl (C=O) groups is 2. The summed E-state index contributed by atoms with van der Waals surface area (Å²) in [4.78, 5) is 28.1. The van der Waals surface area contributed by atoms with E-state index in [1.807, 2.05) is 26.0 Å². The van der Waals surface area contributed by atoms with Crippen LogP contribution < -0.4 is 10.6 Å². The zero-order chi connectivity index (χ0) is 40.5. The molecule has 1 aliphatic rings. The minimum Gasteiger partial charge on any atom is -0.495 e. The van der Waals surface area contributed by atoms with Crippen LogP contribution >= 0.6 is 0 Å². The average molecular weight is 787 g/mol. The molecule has 2 amide bonds. The molecule has 59 heavy (non-hydrogen) atoms. The largest absolute Gasteiger partial charge is 0.495 e. The van der Waals surface area contributed by atoms with Gasteiger partial charge in [0.15, 0.2) is 12.2 Å². The van der Waals surface area contributed by atoms with Crippen LogP contribution in [0.5, 0.6) is 0 Å². The van der Waals surface area contributed by atoms with Crippen molar-refractivity contribution in [2.75, 3.05) is 37.1 Å². The van der Waals surface area contributed by atoms with Crippen molar-refractivity contribution in [1.82, 2.24) is 0 Å². The second-order valence-corrected chi connectivity index (χ2v) is 16.3. The summed E-state index contributed by atoms with van der Waals surface area (Å²) in [5.41, 5.74) is 0.574. The molecule has 1 saturated heterocycles. The topological polar surface area (TPSA) is 95.1 Å². The lowest BCUT2D eigenvalue weighted by molar-refractivity contribution is -0.155. The first-order valence-electron chi connectivity index (χ1n) is 20.9. The van der Waals surface area contributed by atoms with Gasteiger partial charge >= 0.3 is 0 Å². The molecule has 2 N–H and O–H groups in total. The SMILES string of the molecule is C=C1OCCCCCOC(C(=O)Nc2ccc3ccc4cccc5ccc2c3c45)C(C)(C)OCCCCCOC1C(=O)Nc1ccc2ccc3cccc4ccc1c2c34. The predicted molar refractivity (Wildman–Crippen MR) is 240 cm³/mol. The molecule has 2 atom stereocenters. The minimum atomic E-state index is -0.974. The van der Waals surface area contributed by atoms with Crippen LogP contribution in [0.2, 0.25) is 0 Å². The first-order chi connectivity index (χ1) is 28.8. The maximum atomic E-state index is 14.2. The molecule has 9 rings (SSSR count). The fourth-order valence-electron chi connectivity index (χ4n) is 8.85. The van der Waals surface area contributed by atoms with Gasteiger partial charge in [-0.05, 0) is 118 Å². The summed E-state index contributed by atoms with van der Waals surface area (Å²) < 4.78 is 25.1. The van der Waals surface area contributed by atoms with Gasteiger partial charge in [0.05, 0.1) is 12.2 Å². The Morgan fingerprint density at radius 3 is 1.53 bits per heavy atom. The third kappa shape index (κ3) is 7.64. The highest BCUT2D eigenvalue weighted by Gasteiger charge is 2.37. The van der Waals surface area contributed by atoms with Gasteiger partial charge in [-0.1, -0.05) is 104 Å². The van der Waals surface area contributed by atoms with Crippen molar-refractivity contribution in [3.63, 3.8) is 0 Å². The van der Waals surface area contributed by atoms with Crippen LogP contribution in [-0.4, -0.2) is 56.1 Å². The molecule has 0 spiro atoms. The Balaban J connectivity index is 0.860. The molecule has 1 heterocycles. The summed E-state index contributed by atoms with van der Waals surface area (Å²) in [7, 11) is 0. The van der Waals surface area contributed by atoms with E-state index in [1.54, 1.807) is 0 Å². The lowest BCUT2D eigenvalue weighted by atomic mass is 9.93. The highest BCUT2D eigenvalue weighted by Crippen LogP contribution is 2.39. The molecule has 300 valence electrons. The maximum Gasteiger partial charge on any atom is 0.261 e. The number of rotatable bonds is 4. The summed E-state index contributed by atoms with van der Waals surface area (Å²) in [6, 6.07) is 37.7. The van der Waals surface area contributed by atoms with Gasteiger partial charge in [0.1, 0.15) is 5.76 Å². The molecular weight excluding hydrogens is 737 g/mol. The quantitative estimate of drug-likeness (QED) is 0.173. The third-order valence-electron chi connectivity index (χ3n) is 11.9. The Morgan fingerprint density at radius 2 is 0.966 bits per heavy atom. The van der Waals surface area contributed by atoms with Crippen LogP contribution in [0, 0.1) is 0 Å². The molecule has 0 saturated carbocycles. The first kappa shape index (κ1) is 38.7. The van der Waals surface area contributed by atoms with E-state index < -0.39 is 17.8 Å². The fraction of sp³-hybridized carbons (Fsp3) is 0.294. The number of amides is 2. The third-order valence-corrected chi connectivity index (χ3v) is 11.9. The molecule has 8 aromatic carbocycles. The highest BCUT2D eigenvalue weighted by molar-refractivity contribution is 6.27. The Hall–Kier alpha value is -5.80. The minimum absolute atomic E-state index is 0.237. The average Bonchev–Trinajstić information content (AvgIpc) is 3.24. The molecule has 0 aromatic heterocycles. The zero-order valence-corrected chi connectivity index (χ0v) is 33.8. The van der Waals surface area contributed by atoms with Crippen molar-refractivity contribution in [3.8, 4) is 0 Å². The highest BCUT2D eigenvalue weighted by atomic mass is 16.6. The number of carbonyl (C=O) groups excluding carboxylic acids is 2. The Labute approximate surface area is 344 Å². The molecule has 8 heteroatoms. The van der Waals surface area contributed by atoms with Crippen LogP contribution in [0.15, 0.2) is 122 Å². The lowest BCUT2D eigenvalue weighted by Crippen LogP contribution is -2.49. The van der Waals surface area contributed by atoms with Crippen molar-refractivity contribution in [2.24, 2.45) is 0 Å². The monoisotopic (exact) mass is 786 g/mol. The summed E-state index contributed by atoms with van der Waals surface area (Å²) in [6.07, 6.45) is 2.65. The zero-order valence-electron chi connectivity index (χ0n) is 33.8. The summed E-state index contributed by atoms with van der Waals surface area (Å²) >= 11 is 0. The Bertz CT molecular complexity index is 2780. The van der Waals surface area contributed by atoms with Crippen molar-refractivity contribution in [3.05, 3.63) is 122 Å². The second-order valence-electron chi connectivity index (χ2n) is 16.3. The van der Waals surface area contributed by atoms with Gasteiger partial charge in [-0.2, -0.15) is 0 Å². The Morgan fingerprint density at radius 1 is 0.525 bits per heavy atom. The fourth-order valence-corrected chi connectivity index (χ4v) is 8.85. The van der Waals surface area contributed by atoms with E-state index in [-0.39, 0.29) is 17.6 Å². The molecule has 8 nitrogen and oxygen atoms in total. The number of anilines is 2. The van der Waals surface area contributed by atoms with Crippen LogP contribution in [0.25, 0.3) is 64.6 Å². The maximum absolute atomic E-state index is 14.2. The van der Waals surface area contributed by atoms with E-state index in [1.165, 1.54) is 32.3 Å². The van der Waals surface area contributed by atoms with E-state index in [9.17, 15) is 9.59 Å². The second kappa shape index (κ2) is 16.5. The van der Waals surface area contributed by atoms with Gasteiger partial charge in [0.2, 0.25) is 0 Å². The van der Waals surface area contributed by atoms with E-state index in [4.69, 9.17) is 18.9 Å². The van der Waals surface area contributed by atoms with Gasteiger partial charge in [-0.3, -0.25) is 9.59 Å². The molecule has 0 bridgehead atoms. The van der Waals surface area contributed by atoms with E-state index >= 15 is 0 Å². The number of nitrogens with one attached hydrogen (secondary N) is 2. The van der Waals surface area contributed by atoms with Gasteiger partial charge < -0.3 is 29.6 Å². The number of benzene rings is 8. The van der Waals surface area contributed by atoms with E-state index in [2.05, 4.69) is 114 Å². The van der Waals surface area contributed by atoms with Crippen LogP contribution in [0.1, 0.15) is 52.4 Å². The van der Waals surface area contributed by atoms with Gasteiger partial charge in [0.25, 0.3) is 11.8 Å². The van der Waals surface area contributed by atoms with E-state index in [0.29, 0.717) is 45.7 Å². The summed E-state index contributed by atoms with van der Waals surface area (Å²) in [6.45, 7) is 9.52. The molecule has 8 aromatic rings. The number of ether oxygens (including phenoxy) is 4. The smallest absolute Gasteiger partial charge is 0.261 e. The van der Waals surface area contributed by atoms with Gasteiger partial charge in [-0.15, -0.1) is 0 Å². The standard InChI is InChI=1S/C51H50N2O6/c1-32-47(49(54)52-41-26-22-37-18-16-33-12-10-14-35-20-24-39(41)45(37)43(33)35)57-29-7-5-9-31-59-51(2,3)48(58-30-8-4-6-28-56-32)50(55)53-42-27-23-38-19-17-34-13-11-15-36-21-25-40(42)46(38)44(34)36/h10-27,47-48H,1,4-9,28-31H2,2-3H3,(H,52,54)(H,53,55). The van der Waals surface area contributed by atoms with Crippen molar-refractivity contribution in [2.45, 2.75) is 70.2 Å². The normalized spacial score (nSPS) is 19.3. The number of hydrogen-bond acceptors (Lipinski definition) is 6. The molecule has 1 fully saturated rings. The van der Waals surface area contributed by atoms with Crippen LogP contribution in [0.4, 0.5) is 11.4 Å². The first-order valence-corrected chi connectivity index (χ1v) is 20.9. The summed E-state index contributed by atoms with van der Waals surface area (Å²) in [5, 5.41) is 19.9. The molecule has 0 radical (unpaired) electrons. The summed E-state index contributed by atoms with van der Waals surface area (Å²) in [5.74, 6) is -0.269. The molecule has 1 aliphatic heterocycles. The van der Waals surface area contributed by atoms with Crippen molar-refractivity contribution < 1.29 is 28.5 Å². The Kier molecular flexibility index (Phi) is 10.8.